The standard InChI is InChI=1S/C27H25Cl2N3O3/c1-27(2,3)24(33)23-22(31-26(34)32(4)5)19-14-18(15-10-12-16(28)13-11-15)21(30-25(19)35-23)17-8-6-7-9-20(17)29/h6-14H,1-5H3,(H,31,34). The number of nitrogens with one attached hydrogen (secondary N) is 1. The molecule has 0 spiro atoms. The molecule has 0 unspecified atom stereocenters. The average molecular weight is 510 g/mol. The van der Waals surface area contributed by atoms with Crippen molar-refractivity contribution in [2.45, 2.75) is 20.8 Å². The number of Topliss-reactive ketones (excluding diaryl/α,β-unsaturated/α-hetero) is 1. The fourth-order valence-electron chi connectivity index (χ4n) is 3.57. The molecule has 2 heterocycles. The molecule has 0 fully saturated rings. The molecular formula is C27H25Cl2N3O3. The van der Waals surface area contributed by atoms with Crippen LogP contribution in [0.5, 0.6) is 0 Å². The average Bonchev–Trinajstić information content (AvgIpc) is 3.15. The van der Waals surface area contributed by atoms with Crippen LogP contribution in [-0.4, -0.2) is 35.8 Å². The lowest BCUT2D eigenvalue weighted by Crippen LogP contribution is -2.28. The van der Waals surface area contributed by atoms with Gasteiger partial charge in [0.15, 0.2) is 5.76 Å². The predicted octanol–water partition coefficient (Wildman–Crippen LogP) is 7.79. The highest BCUT2D eigenvalue weighted by Gasteiger charge is 2.32. The van der Waals surface area contributed by atoms with Gasteiger partial charge >= 0.3 is 6.03 Å². The number of anilines is 1. The molecule has 0 saturated heterocycles. The Morgan fingerprint density at radius 2 is 1.63 bits per heavy atom. The van der Waals surface area contributed by atoms with Crippen molar-refractivity contribution in [3.05, 3.63) is 70.4 Å². The van der Waals surface area contributed by atoms with Gasteiger partial charge in [-0.05, 0) is 29.8 Å². The number of aromatic nitrogens is 1. The fraction of sp³-hybridized carbons (Fsp3) is 0.222. The Kier molecular flexibility index (Phi) is 6.62. The van der Waals surface area contributed by atoms with Crippen molar-refractivity contribution >= 4 is 51.8 Å². The van der Waals surface area contributed by atoms with Gasteiger partial charge in [0.25, 0.3) is 0 Å². The van der Waals surface area contributed by atoms with Gasteiger partial charge in [-0.1, -0.05) is 74.3 Å². The maximum absolute atomic E-state index is 13.3. The van der Waals surface area contributed by atoms with Gasteiger partial charge in [-0.15, -0.1) is 0 Å². The van der Waals surface area contributed by atoms with Crippen LogP contribution in [0, 0.1) is 5.41 Å². The Labute approximate surface area is 213 Å². The molecule has 6 nitrogen and oxygen atoms in total. The predicted molar refractivity (Wildman–Crippen MR) is 141 cm³/mol. The number of pyridine rings is 1. The molecule has 0 atom stereocenters. The van der Waals surface area contributed by atoms with Gasteiger partial charge in [0.05, 0.1) is 11.1 Å². The lowest BCUT2D eigenvalue weighted by Gasteiger charge is -2.17. The molecule has 4 rings (SSSR count). The largest absolute Gasteiger partial charge is 0.432 e. The summed E-state index contributed by atoms with van der Waals surface area (Å²) in [5.74, 6) is -0.203. The molecule has 0 saturated carbocycles. The first-order valence-corrected chi connectivity index (χ1v) is 11.7. The molecule has 0 aliphatic rings. The fourth-order valence-corrected chi connectivity index (χ4v) is 3.93. The maximum Gasteiger partial charge on any atom is 0.321 e. The van der Waals surface area contributed by atoms with E-state index in [2.05, 4.69) is 5.32 Å². The van der Waals surface area contributed by atoms with Crippen LogP contribution in [0.15, 0.2) is 59.0 Å². The van der Waals surface area contributed by atoms with Gasteiger partial charge in [0, 0.05) is 40.7 Å². The number of halogens is 2. The second-order valence-corrected chi connectivity index (χ2v) is 10.3. The summed E-state index contributed by atoms with van der Waals surface area (Å²) in [5, 5.41) is 4.46. The van der Waals surface area contributed by atoms with Crippen LogP contribution in [0.4, 0.5) is 10.5 Å². The highest BCUT2D eigenvalue weighted by Crippen LogP contribution is 2.41. The summed E-state index contributed by atoms with van der Waals surface area (Å²) >= 11 is 12.7. The van der Waals surface area contributed by atoms with E-state index in [0.29, 0.717) is 26.7 Å². The van der Waals surface area contributed by atoms with Crippen molar-refractivity contribution in [1.29, 1.82) is 0 Å². The van der Waals surface area contributed by atoms with Crippen LogP contribution >= 0.6 is 23.2 Å². The van der Waals surface area contributed by atoms with Crippen molar-refractivity contribution in [2.24, 2.45) is 5.41 Å². The zero-order chi connectivity index (χ0) is 25.5. The summed E-state index contributed by atoms with van der Waals surface area (Å²) in [6.45, 7) is 5.38. The topological polar surface area (TPSA) is 75.4 Å². The quantitative estimate of drug-likeness (QED) is 0.284. The number of urea groups is 1. The van der Waals surface area contributed by atoms with Gasteiger partial charge in [-0.25, -0.2) is 9.78 Å². The molecule has 0 radical (unpaired) electrons. The van der Waals surface area contributed by atoms with Crippen LogP contribution in [0.25, 0.3) is 33.5 Å². The molecule has 0 aliphatic heterocycles. The van der Waals surface area contributed by atoms with E-state index < -0.39 is 5.41 Å². The van der Waals surface area contributed by atoms with Gasteiger partial charge in [0.1, 0.15) is 5.69 Å². The Morgan fingerprint density at radius 1 is 0.971 bits per heavy atom. The Bertz CT molecular complexity index is 1430. The Balaban J connectivity index is 2.06. The summed E-state index contributed by atoms with van der Waals surface area (Å²) in [6, 6.07) is 16.2. The van der Waals surface area contributed by atoms with Crippen LogP contribution in [0.1, 0.15) is 31.3 Å². The van der Waals surface area contributed by atoms with Crippen molar-refractivity contribution in [2.75, 3.05) is 19.4 Å². The molecule has 2 aromatic carbocycles. The van der Waals surface area contributed by atoms with Gasteiger partial charge in [0.2, 0.25) is 11.5 Å². The van der Waals surface area contributed by atoms with E-state index in [0.717, 1.165) is 11.1 Å². The van der Waals surface area contributed by atoms with E-state index in [4.69, 9.17) is 32.6 Å². The number of hydrogen-bond acceptors (Lipinski definition) is 4. The molecule has 35 heavy (non-hydrogen) atoms. The van der Waals surface area contributed by atoms with Crippen LogP contribution in [-0.2, 0) is 0 Å². The van der Waals surface area contributed by atoms with Gasteiger partial charge in [-0.3, -0.25) is 4.79 Å². The molecule has 2 amide bonds. The Morgan fingerprint density at radius 3 is 2.23 bits per heavy atom. The van der Waals surface area contributed by atoms with Crippen LogP contribution in [0.3, 0.4) is 0 Å². The summed E-state index contributed by atoms with van der Waals surface area (Å²) in [6.07, 6.45) is 0. The maximum atomic E-state index is 13.3. The minimum absolute atomic E-state index is 0.0496. The number of hydrogen-bond donors (Lipinski definition) is 1. The number of benzene rings is 2. The van der Waals surface area contributed by atoms with E-state index in [-0.39, 0.29) is 29.0 Å². The molecule has 180 valence electrons. The highest BCUT2D eigenvalue weighted by atomic mass is 35.5. The second-order valence-electron chi connectivity index (χ2n) is 9.43. The molecule has 0 bridgehead atoms. The molecule has 4 aromatic rings. The zero-order valence-corrected chi connectivity index (χ0v) is 21.6. The molecule has 0 aliphatic carbocycles. The van der Waals surface area contributed by atoms with E-state index >= 15 is 0 Å². The number of carbonyl (C=O) groups is 2. The van der Waals surface area contributed by atoms with E-state index in [9.17, 15) is 9.59 Å². The second kappa shape index (κ2) is 9.36. The summed E-state index contributed by atoms with van der Waals surface area (Å²) in [5.41, 5.74) is 2.65. The third-order valence-corrected chi connectivity index (χ3v) is 6.07. The van der Waals surface area contributed by atoms with Crippen molar-refractivity contribution in [3.8, 4) is 22.4 Å². The number of carbonyl (C=O) groups excluding carboxylic acids is 2. The smallest absolute Gasteiger partial charge is 0.321 e. The molecule has 1 N–H and O–H groups in total. The van der Waals surface area contributed by atoms with Gasteiger partial charge < -0.3 is 14.6 Å². The lowest BCUT2D eigenvalue weighted by atomic mass is 9.89. The van der Waals surface area contributed by atoms with Crippen molar-refractivity contribution < 1.29 is 14.0 Å². The molecule has 2 aromatic heterocycles. The Hall–Kier alpha value is -3.35. The van der Waals surface area contributed by atoms with Gasteiger partial charge in [-0.2, -0.15) is 0 Å². The SMILES string of the molecule is CN(C)C(=O)Nc1c(C(=O)C(C)(C)C)oc2nc(-c3ccccc3Cl)c(-c3ccc(Cl)cc3)cc12. The monoisotopic (exact) mass is 509 g/mol. The first-order valence-electron chi connectivity index (χ1n) is 11.0. The minimum atomic E-state index is -0.740. The van der Waals surface area contributed by atoms with E-state index in [1.165, 1.54) is 4.90 Å². The normalized spacial score (nSPS) is 11.5. The van der Waals surface area contributed by atoms with E-state index in [1.54, 1.807) is 53.1 Å². The number of rotatable bonds is 4. The number of nitrogens with zero attached hydrogens (tertiary/aromatic N) is 2. The highest BCUT2D eigenvalue weighted by molar-refractivity contribution is 6.33. The summed E-state index contributed by atoms with van der Waals surface area (Å²) < 4.78 is 6.02. The van der Waals surface area contributed by atoms with E-state index in [1.807, 2.05) is 36.4 Å². The van der Waals surface area contributed by atoms with Crippen molar-refractivity contribution in [1.82, 2.24) is 9.88 Å². The summed E-state index contributed by atoms with van der Waals surface area (Å²) in [4.78, 5) is 32.1. The van der Waals surface area contributed by atoms with Crippen LogP contribution < -0.4 is 5.32 Å². The number of amides is 2. The third-order valence-electron chi connectivity index (χ3n) is 5.49. The molecular weight excluding hydrogens is 485 g/mol. The van der Waals surface area contributed by atoms with Crippen LogP contribution in [0.2, 0.25) is 10.0 Å². The van der Waals surface area contributed by atoms with Crippen molar-refractivity contribution in [3.63, 3.8) is 0 Å². The molecule has 8 heteroatoms. The zero-order valence-electron chi connectivity index (χ0n) is 20.1. The first kappa shape index (κ1) is 24.8. The minimum Gasteiger partial charge on any atom is -0.432 e. The lowest BCUT2D eigenvalue weighted by molar-refractivity contribution is 0.0831. The number of ketones is 1. The third kappa shape index (κ3) is 4.90. The number of fused-ring (bicyclic) bond motifs is 1. The number of furan rings is 1. The first-order chi connectivity index (χ1) is 16.5. The summed E-state index contributed by atoms with van der Waals surface area (Å²) in [7, 11) is 3.24.